The molecule has 0 radical (unpaired) electrons. The van der Waals surface area contributed by atoms with E-state index < -0.39 is 0 Å². The third kappa shape index (κ3) is 3.47. The number of piperidine rings is 1. The van der Waals surface area contributed by atoms with Crippen molar-refractivity contribution >= 4 is 0 Å². The van der Waals surface area contributed by atoms with Crippen LogP contribution in [0.15, 0.2) is 16.9 Å². The largest absolute Gasteiger partial charge is 0.360 e. The van der Waals surface area contributed by atoms with Crippen LogP contribution in [0.25, 0.3) is 0 Å². The lowest BCUT2D eigenvalue weighted by molar-refractivity contribution is 0.181. The molecule has 2 aliphatic rings. The molecule has 0 bridgehead atoms. The number of aromatic nitrogens is 4. The zero-order valence-electron chi connectivity index (χ0n) is 13.6. The van der Waals surface area contributed by atoms with Gasteiger partial charge in [0.05, 0.1) is 12.2 Å². The molecule has 1 aliphatic carbocycles. The molecule has 0 unspecified atom stereocenters. The first-order valence-electron chi connectivity index (χ1n) is 8.91. The van der Waals surface area contributed by atoms with Crippen LogP contribution >= 0.6 is 0 Å². The fourth-order valence-electron chi connectivity index (χ4n) is 3.99. The van der Waals surface area contributed by atoms with Crippen molar-refractivity contribution in [1.82, 2.24) is 25.2 Å². The minimum Gasteiger partial charge on any atom is -0.360 e. The maximum absolute atomic E-state index is 5.60. The van der Waals surface area contributed by atoms with E-state index in [1.165, 1.54) is 37.8 Å². The normalized spacial score (nSPS) is 21.7. The molecule has 3 heterocycles. The van der Waals surface area contributed by atoms with Crippen LogP contribution in [0.3, 0.4) is 0 Å². The van der Waals surface area contributed by atoms with E-state index in [2.05, 4.69) is 31.3 Å². The van der Waals surface area contributed by atoms with Gasteiger partial charge in [0.2, 0.25) is 0 Å². The lowest BCUT2D eigenvalue weighted by Gasteiger charge is -2.29. The van der Waals surface area contributed by atoms with Gasteiger partial charge in [0, 0.05) is 17.9 Å². The fourth-order valence-corrected chi connectivity index (χ4v) is 3.99. The Morgan fingerprint density at radius 2 is 1.91 bits per heavy atom. The van der Waals surface area contributed by atoms with Crippen LogP contribution < -0.4 is 0 Å². The van der Waals surface area contributed by atoms with Gasteiger partial charge in [-0.2, -0.15) is 5.10 Å². The first-order chi connectivity index (χ1) is 11.4. The maximum Gasteiger partial charge on any atom is 0.150 e. The highest BCUT2D eigenvalue weighted by molar-refractivity contribution is 5.11. The zero-order chi connectivity index (χ0) is 15.5. The average molecular weight is 315 g/mol. The topological polar surface area (TPSA) is 70.8 Å². The van der Waals surface area contributed by atoms with Crippen LogP contribution in [-0.4, -0.2) is 38.3 Å². The van der Waals surface area contributed by atoms with Crippen molar-refractivity contribution in [2.75, 3.05) is 13.1 Å². The maximum atomic E-state index is 5.60. The first-order valence-corrected chi connectivity index (χ1v) is 8.91. The summed E-state index contributed by atoms with van der Waals surface area (Å²) in [4.78, 5) is 6.75. The summed E-state index contributed by atoms with van der Waals surface area (Å²) in [6.07, 6.45) is 10.4. The number of H-pyrrole nitrogens is 1. The number of hydrogen-bond donors (Lipinski definition) is 1. The third-order valence-electron chi connectivity index (χ3n) is 5.39. The molecule has 23 heavy (non-hydrogen) atoms. The summed E-state index contributed by atoms with van der Waals surface area (Å²) in [5.41, 5.74) is 1.18. The van der Waals surface area contributed by atoms with Crippen molar-refractivity contribution in [2.24, 2.45) is 0 Å². The Morgan fingerprint density at radius 1 is 1.09 bits per heavy atom. The van der Waals surface area contributed by atoms with Crippen molar-refractivity contribution in [2.45, 2.75) is 63.3 Å². The van der Waals surface area contributed by atoms with Crippen LogP contribution in [0, 0.1) is 0 Å². The smallest absolute Gasteiger partial charge is 0.150 e. The van der Waals surface area contributed by atoms with Gasteiger partial charge in [0.1, 0.15) is 12.2 Å². The van der Waals surface area contributed by atoms with E-state index in [0.29, 0.717) is 11.8 Å². The SMILES string of the molecule is c1n[nH]c(C2CCN(Cc3cc(C4CCCCC4)no3)CC2)n1. The number of hydrogen-bond acceptors (Lipinski definition) is 5. The summed E-state index contributed by atoms with van der Waals surface area (Å²) >= 11 is 0. The summed E-state index contributed by atoms with van der Waals surface area (Å²) in [5, 5.41) is 11.3. The predicted octanol–water partition coefficient (Wildman–Crippen LogP) is 3.22. The van der Waals surface area contributed by atoms with Gasteiger partial charge >= 0.3 is 0 Å². The summed E-state index contributed by atoms with van der Waals surface area (Å²) in [7, 11) is 0. The zero-order valence-corrected chi connectivity index (χ0v) is 13.6. The summed E-state index contributed by atoms with van der Waals surface area (Å²) in [6, 6.07) is 2.19. The molecule has 0 spiro atoms. The van der Waals surface area contributed by atoms with Crippen molar-refractivity contribution < 1.29 is 4.52 Å². The van der Waals surface area contributed by atoms with Crippen molar-refractivity contribution in [1.29, 1.82) is 0 Å². The quantitative estimate of drug-likeness (QED) is 0.938. The molecule has 0 aromatic carbocycles. The summed E-state index contributed by atoms with van der Waals surface area (Å²) < 4.78 is 5.60. The van der Waals surface area contributed by atoms with Gasteiger partial charge in [-0.1, -0.05) is 24.4 Å². The molecule has 2 aromatic rings. The highest BCUT2D eigenvalue weighted by atomic mass is 16.5. The molecule has 124 valence electrons. The molecule has 1 N–H and O–H groups in total. The Balaban J connectivity index is 1.30. The molecule has 6 heteroatoms. The van der Waals surface area contributed by atoms with E-state index in [-0.39, 0.29) is 0 Å². The van der Waals surface area contributed by atoms with Crippen molar-refractivity contribution in [3.63, 3.8) is 0 Å². The minimum atomic E-state index is 0.515. The summed E-state index contributed by atoms with van der Waals surface area (Å²) in [5.74, 6) is 3.19. The van der Waals surface area contributed by atoms with E-state index in [9.17, 15) is 0 Å². The molecule has 0 amide bonds. The number of rotatable bonds is 4. The number of aromatic amines is 1. The Hall–Kier alpha value is -1.69. The van der Waals surface area contributed by atoms with Crippen LogP contribution in [0.2, 0.25) is 0 Å². The molecule has 1 saturated heterocycles. The van der Waals surface area contributed by atoms with Crippen LogP contribution in [0.5, 0.6) is 0 Å². The van der Waals surface area contributed by atoms with Gasteiger partial charge in [-0.05, 0) is 38.8 Å². The van der Waals surface area contributed by atoms with Gasteiger partial charge in [0.25, 0.3) is 0 Å². The standard InChI is InChI=1S/C17H25N5O/c1-2-4-13(5-3-1)16-10-15(23-21-16)11-22-8-6-14(7-9-22)17-18-12-19-20-17/h10,12-14H,1-9,11H2,(H,18,19,20). The Morgan fingerprint density at radius 3 is 2.65 bits per heavy atom. The molecular weight excluding hydrogens is 290 g/mol. The molecule has 2 aromatic heterocycles. The second kappa shape index (κ2) is 6.83. The van der Waals surface area contributed by atoms with Gasteiger partial charge < -0.3 is 4.52 Å². The predicted molar refractivity (Wildman–Crippen MR) is 86.0 cm³/mol. The van der Waals surface area contributed by atoms with Gasteiger partial charge in [-0.15, -0.1) is 0 Å². The summed E-state index contributed by atoms with van der Waals surface area (Å²) in [6.45, 7) is 3.03. The van der Waals surface area contributed by atoms with Crippen LogP contribution in [0.1, 0.15) is 74.1 Å². The molecule has 6 nitrogen and oxygen atoms in total. The second-order valence-corrected chi connectivity index (χ2v) is 6.97. The number of nitrogens with one attached hydrogen (secondary N) is 1. The van der Waals surface area contributed by atoms with Crippen molar-refractivity contribution in [3.05, 3.63) is 29.7 Å². The highest BCUT2D eigenvalue weighted by Gasteiger charge is 2.24. The van der Waals surface area contributed by atoms with Gasteiger partial charge in [-0.25, -0.2) is 4.98 Å². The Kier molecular flexibility index (Phi) is 4.41. The monoisotopic (exact) mass is 315 g/mol. The van der Waals surface area contributed by atoms with Crippen molar-refractivity contribution in [3.8, 4) is 0 Å². The highest BCUT2D eigenvalue weighted by Crippen LogP contribution is 2.32. The molecular formula is C17H25N5O. The second-order valence-electron chi connectivity index (χ2n) is 6.97. The molecule has 2 fully saturated rings. The van der Waals surface area contributed by atoms with E-state index in [4.69, 9.17) is 4.52 Å². The van der Waals surface area contributed by atoms with E-state index in [1.807, 2.05) is 0 Å². The molecule has 0 atom stereocenters. The number of likely N-dealkylation sites (tertiary alicyclic amines) is 1. The van der Waals surface area contributed by atoms with Crippen LogP contribution in [-0.2, 0) is 6.54 Å². The Labute approximate surface area is 136 Å². The number of nitrogens with zero attached hydrogens (tertiary/aromatic N) is 4. The first kappa shape index (κ1) is 14.9. The van der Waals surface area contributed by atoms with E-state index in [0.717, 1.165) is 44.1 Å². The van der Waals surface area contributed by atoms with E-state index >= 15 is 0 Å². The van der Waals surface area contributed by atoms with Crippen LogP contribution in [0.4, 0.5) is 0 Å². The fraction of sp³-hybridized carbons (Fsp3) is 0.706. The average Bonchev–Trinajstić information content (AvgIpc) is 3.28. The molecule has 4 rings (SSSR count). The molecule has 1 aliphatic heterocycles. The minimum absolute atomic E-state index is 0.515. The van der Waals surface area contributed by atoms with Gasteiger partial charge in [-0.3, -0.25) is 10.00 Å². The third-order valence-corrected chi connectivity index (χ3v) is 5.39. The lowest BCUT2D eigenvalue weighted by Crippen LogP contribution is -2.32. The molecule has 1 saturated carbocycles. The van der Waals surface area contributed by atoms with E-state index in [1.54, 1.807) is 6.33 Å². The Bertz CT molecular complexity index is 594. The van der Waals surface area contributed by atoms with Gasteiger partial charge in [0.15, 0.2) is 5.76 Å². The lowest BCUT2D eigenvalue weighted by atomic mass is 9.87.